The first-order valence-corrected chi connectivity index (χ1v) is 7.42. The molecule has 3 rings (SSSR count). The molecule has 0 aliphatic carbocycles. The van der Waals surface area contributed by atoms with Crippen molar-refractivity contribution in [1.29, 1.82) is 0 Å². The Hall–Kier alpha value is -2.63. The van der Waals surface area contributed by atoms with Crippen LogP contribution >= 0.6 is 0 Å². The summed E-state index contributed by atoms with van der Waals surface area (Å²) in [5.41, 5.74) is 1.68. The molecule has 2 aromatic rings. The minimum absolute atomic E-state index is 0.101. The Balaban J connectivity index is 1.67. The topological polar surface area (TPSA) is 86.9 Å². The van der Waals surface area contributed by atoms with Crippen molar-refractivity contribution in [3.8, 4) is 0 Å². The summed E-state index contributed by atoms with van der Waals surface area (Å²) in [4.78, 5) is 31.0. The van der Waals surface area contributed by atoms with E-state index in [9.17, 15) is 9.59 Å². The van der Waals surface area contributed by atoms with Gasteiger partial charge in [0.2, 0.25) is 11.8 Å². The molecule has 0 spiro atoms. The zero-order valence-electron chi connectivity index (χ0n) is 12.1. The van der Waals surface area contributed by atoms with Crippen LogP contribution < -0.4 is 10.6 Å². The van der Waals surface area contributed by atoms with E-state index in [-0.39, 0.29) is 11.8 Å². The lowest BCUT2D eigenvalue weighted by Gasteiger charge is -2.13. The number of pyridine rings is 1. The van der Waals surface area contributed by atoms with Crippen LogP contribution in [-0.2, 0) is 9.59 Å². The van der Waals surface area contributed by atoms with Gasteiger partial charge in [-0.1, -0.05) is 0 Å². The van der Waals surface area contributed by atoms with Crippen LogP contribution in [-0.4, -0.2) is 34.4 Å². The van der Waals surface area contributed by atoms with E-state index in [0.29, 0.717) is 13.0 Å². The van der Waals surface area contributed by atoms with Crippen LogP contribution in [0.2, 0.25) is 0 Å². The average Bonchev–Trinajstić information content (AvgIpc) is 2.84. The molecule has 1 aliphatic heterocycles. The van der Waals surface area contributed by atoms with Crippen molar-refractivity contribution < 1.29 is 9.59 Å². The standard InChI is InChI=1S/C16H18N4O2/c21-14(20-13-5-1-2-8-18-16(13)22)7-6-11-10-19-15-12(11)4-3-9-17-15/h3-4,6-7,9-10,13H,1-2,5,8H2,(H,17,19)(H,18,22)(H,20,21)/t13-/m0/s1. The fourth-order valence-electron chi connectivity index (χ4n) is 2.58. The monoisotopic (exact) mass is 298 g/mol. The SMILES string of the molecule is O=C(C=Cc1c[nH]c2ncccc12)N[C@H]1CCCCNC1=O. The first-order valence-electron chi connectivity index (χ1n) is 7.42. The van der Waals surface area contributed by atoms with Gasteiger partial charge < -0.3 is 15.6 Å². The van der Waals surface area contributed by atoms with E-state index in [1.807, 2.05) is 12.1 Å². The lowest BCUT2D eigenvalue weighted by atomic mass is 10.1. The zero-order chi connectivity index (χ0) is 15.4. The Morgan fingerprint density at radius 3 is 3.23 bits per heavy atom. The Labute approximate surface area is 128 Å². The van der Waals surface area contributed by atoms with E-state index in [4.69, 9.17) is 0 Å². The van der Waals surface area contributed by atoms with E-state index in [1.54, 1.807) is 18.5 Å². The Morgan fingerprint density at radius 2 is 2.32 bits per heavy atom. The Bertz CT molecular complexity index is 720. The summed E-state index contributed by atoms with van der Waals surface area (Å²) in [5, 5.41) is 6.52. The van der Waals surface area contributed by atoms with Crippen LogP contribution in [0.25, 0.3) is 17.1 Å². The number of nitrogens with one attached hydrogen (secondary N) is 3. The maximum atomic E-state index is 12.0. The van der Waals surface area contributed by atoms with Gasteiger partial charge in [-0.05, 0) is 37.5 Å². The minimum Gasteiger partial charge on any atom is -0.354 e. The molecule has 3 N–H and O–H groups in total. The normalized spacial score (nSPS) is 19.1. The lowest BCUT2D eigenvalue weighted by molar-refractivity contribution is -0.126. The van der Waals surface area contributed by atoms with Crippen molar-refractivity contribution in [2.24, 2.45) is 0 Å². The predicted molar refractivity (Wildman–Crippen MR) is 83.9 cm³/mol. The van der Waals surface area contributed by atoms with E-state index >= 15 is 0 Å². The van der Waals surface area contributed by atoms with Crippen LogP contribution in [0.5, 0.6) is 0 Å². The molecule has 2 aromatic heterocycles. The third-order valence-corrected chi connectivity index (χ3v) is 3.75. The second kappa shape index (κ2) is 6.43. The van der Waals surface area contributed by atoms with Gasteiger partial charge in [-0.15, -0.1) is 0 Å². The summed E-state index contributed by atoms with van der Waals surface area (Å²) in [6.45, 7) is 0.684. The highest BCUT2D eigenvalue weighted by atomic mass is 16.2. The Morgan fingerprint density at radius 1 is 1.41 bits per heavy atom. The number of aromatic nitrogens is 2. The number of amides is 2. The quantitative estimate of drug-likeness (QED) is 0.748. The molecule has 114 valence electrons. The molecular weight excluding hydrogens is 280 g/mol. The van der Waals surface area contributed by atoms with Gasteiger partial charge in [0.15, 0.2) is 0 Å². The maximum Gasteiger partial charge on any atom is 0.244 e. The van der Waals surface area contributed by atoms with Crippen LogP contribution in [0.1, 0.15) is 24.8 Å². The van der Waals surface area contributed by atoms with Gasteiger partial charge in [0.05, 0.1) is 0 Å². The van der Waals surface area contributed by atoms with Crippen molar-refractivity contribution >= 4 is 28.9 Å². The lowest BCUT2D eigenvalue weighted by Crippen LogP contribution is -2.44. The predicted octanol–water partition coefficient (Wildman–Crippen LogP) is 1.36. The Kier molecular flexibility index (Phi) is 4.18. The molecule has 3 heterocycles. The molecule has 22 heavy (non-hydrogen) atoms. The number of aromatic amines is 1. The summed E-state index contributed by atoms with van der Waals surface area (Å²) >= 11 is 0. The van der Waals surface area contributed by atoms with Gasteiger partial charge in [0.1, 0.15) is 11.7 Å². The van der Waals surface area contributed by atoms with Crippen molar-refractivity contribution in [2.75, 3.05) is 6.54 Å². The van der Waals surface area contributed by atoms with E-state index in [0.717, 1.165) is 29.4 Å². The summed E-state index contributed by atoms with van der Waals surface area (Å²) in [5.74, 6) is -0.365. The fraction of sp³-hybridized carbons (Fsp3) is 0.312. The fourth-order valence-corrected chi connectivity index (χ4v) is 2.58. The van der Waals surface area contributed by atoms with Crippen molar-refractivity contribution in [2.45, 2.75) is 25.3 Å². The molecule has 6 heteroatoms. The molecule has 2 amide bonds. The number of hydrogen-bond donors (Lipinski definition) is 3. The van der Waals surface area contributed by atoms with E-state index in [2.05, 4.69) is 20.6 Å². The molecule has 1 atom stereocenters. The van der Waals surface area contributed by atoms with Crippen molar-refractivity contribution in [1.82, 2.24) is 20.6 Å². The van der Waals surface area contributed by atoms with Crippen LogP contribution in [0.3, 0.4) is 0 Å². The van der Waals surface area contributed by atoms with Crippen molar-refractivity contribution in [3.63, 3.8) is 0 Å². The highest BCUT2D eigenvalue weighted by Crippen LogP contribution is 2.16. The number of carbonyl (C=O) groups is 2. The molecule has 0 bridgehead atoms. The molecule has 0 radical (unpaired) electrons. The highest BCUT2D eigenvalue weighted by Gasteiger charge is 2.21. The number of carbonyl (C=O) groups excluding carboxylic acids is 2. The maximum absolute atomic E-state index is 12.0. The van der Waals surface area contributed by atoms with Gasteiger partial charge in [-0.3, -0.25) is 9.59 Å². The molecule has 0 unspecified atom stereocenters. The molecule has 6 nitrogen and oxygen atoms in total. The second-order valence-corrected chi connectivity index (χ2v) is 5.32. The van der Waals surface area contributed by atoms with E-state index in [1.165, 1.54) is 6.08 Å². The molecule has 1 aliphatic rings. The van der Waals surface area contributed by atoms with Gasteiger partial charge >= 0.3 is 0 Å². The van der Waals surface area contributed by atoms with Gasteiger partial charge in [0, 0.05) is 36.0 Å². The average molecular weight is 298 g/mol. The van der Waals surface area contributed by atoms with Gasteiger partial charge in [-0.25, -0.2) is 4.98 Å². The number of hydrogen-bond acceptors (Lipinski definition) is 3. The number of nitrogens with zero attached hydrogens (tertiary/aromatic N) is 1. The van der Waals surface area contributed by atoms with Crippen LogP contribution in [0, 0.1) is 0 Å². The number of H-pyrrole nitrogens is 1. The molecule has 1 saturated heterocycles. The second-order valence-electron chi connectivity index (χ2n) is 5.32. The summed E-state index contributed by atoms with van der Waals surface area (Å²) in [6, 6.07) is 3.35. The zero-order valence-corrected chi connectivity index (χ0v) is 12.1. The van der Waals surface area contributed by atoms with Crippen LogP contribution in [0.15, 0.2) is 30.6 Å². The number of rotatable bonds is 3. The summed E-state index contributed by atoms with van der Waals surface area (Å²) in [7, 11) is 0. The summed E-state index contributed by atoms with van der Waals surface area (Å²) in [6.07, 6.45) is 9.27. The minimum atomic E-state index is -0.440. The first-order chi connectivity index (χ1) is 10.7. The third-order valence-electron chi connectivity index (χ3n) is 3.75. The summed E-state index contributed by atoms with van der Waals surface area (Å²) < 4.78 is 0. The van der Waals surface area contributed by atoms with E-state index < -0.39 is 6.04 Å². The van der Waals surface area contributed by atoms with Crippen molar-refractivity contribution in [3.05, 3.63) is 36.2 Å². The molecule has 1 fully saturated rings. The van der Waals surface area contributed by atoms with Gasteiger partial charge in [0.25, 0.3) is 0 Å². The number of fused-ring (bicyclic) bond motifs is 1. The molecule has 0 aromatic carbocycles. The van der Waals surface area contributed by atoms with Crippen LogP contribution in [0.4, 0.5) is 0 Å². The largest absolute Gasteiger partial charge is 0.354 e. The molecular formula is C16H18N4O2. The molecule has 0 saturated carbocycles. The third kappa shape index (κ3) is 3.16. The smallest absolute Gasteiger partial charge is 0.244 e. The highest BCUT2D eigenvalue weighted by molar-refractivity contribution is 5.97. The van der Waals surface area contributed by atoms with Gasteiger partial charge in [-0.2, -0.15) is 0 Å². The first kappa shape index (κ1) is 14.3.